The maximum absolute atomic E-state index is 10.9. The van der Waals surface area contributed by atoms with E-state index in [1.165, 1.54) is 22.8 Å². The van der Waals surface area contributed by atoms with Gasteiger partial charge in [-0.05, 0) is 0 Å². The number of nitrogens with zero attached hydrogens (tertiary/aromatic N) is 2. The predicted octanol–water partition coefficient (Wildman–Crippen LogP) is 3.31. The molecule has 2 aromatic heterocycles. The summed E-state index contributed by atoms with van der Waals surface area (Å²) in [4.78, 5) is 0. The van der Waals surface area contributed by atoms with Gasteiger partial charge in [-0.3, -0.25) is 0 Å². The van der Waals surface area contributed by atoms with Crippen LogP contribution in [0, 0.1) is 27.7 Å². The normalized spacial score (nSPS) is 15.5. The van der Waals surface area contributed by atoms with Gasteiger partial charge < -0.3 is 0 Å². The van der Waals surface area contributed by atoms with Crippen LogP contribution in [0.1, 0.15) is 43.0 Å². The molecule has 2 rings (SSSR count). The van der Waals surface area contributed by atoms with E-state index in [2.05, 4.69) is 58.1 Å². The van der Waals surface area contributed by atoms with Crippen LogP contribution in [0.4, 0.5) is 0 Å². The van der Waals surface area contributed by atoms with Gasteiger partial charge in [-0.25, -0.2) is 0 Å². The fourth-order valence-corrected chi connectivity index (χ4v) is 8.56. The molecule has 2 unspecified atom stereocenters. The van der Waals surface area contributed by atoms with Crippen LogP contribution in [-0.4, -0.2) is 28.0 Å². The second-order valence-corrected chi connectivity index (χ2v) is 10.3. The van der Waals surface area contributed by atoms with Crippen molar-refractivity contribution in [1.29, 1.82) is 0 Å². The van der Waals surface area contributed by atoms with Crippen molar-refractivity contribution in [2.45, 2.75) is 64.4 Å². The number of rotatable bonds is 6. The van der Waals surface area contributed by atoms with Gasteiger partial charge in [0, 0.05) is 0 Å². The average Bonchev–Trinajstić information content (AvgIpc) is 2.89. The molecule has 127 valence electrons. The number of aliphatic hydroxyl groups excluding tert-OH is 1. The Bertz CT molecular complexity index is 585. The first-order chi connectivity index (χ1) is 10.6. The van der Waals surface area contributed by atoms with E-state index in [0.29, 0.717) is 11.1 Å². The zero-order chi connectivity index (χ0) is 17.4. The number of aryl methyl sites for hydroxylation is 4. The van der Waals surface area contributed by atoms with Gasteiger partial charge in [0.1, 0.15) is 0 Å². The van der Waals surface area contributed by atoms with Crippen molar-refractivity contribution in [3.63, 3.8) is 0 Å². The molecule has 0 fully saturated rings. The molecule has 0 spiro atoms. The molecule has 2 aromatic rings. The van der Waals surface area contributed by atoms with E-state index in [1.54, 1.807) is 6.92 Å². The summed E-state index contributed by atoms with van der Waals surface area (Å²) >= 11 is -2.06. The molecule has 0 amide bonds. The Morgan fingerprint density at radius 1 is 0.957 bits per heavy atom. The third-order valence-corrected chi connectivity index (χ3v) is 9.83. The molecule has 5 heteroatoms. The predicted molar refractivity (Wildman–Crippen MR) is 90.3 cm³/mol. The van der Waals surface area contributed by atoms with Crippen LogP contribution in [0.15, 0.2) is 24.3 Å². The van der Waals surface area contributed by atoms with Gasteiger partial charge in [0.25, 0.3) is 0 Å². The van der Waals surface area contributed by atoms with Crippen LogP contribution in [-0.2, 0) is 18.4 Å². The minimum absolute atomic E-state index is 0.405. The molecule has 0 bridgehead atoms. The quantitative estimate of drug-likeness (QED) is 0.783. The zero-order valence-corrected chi connectivity index (χ0v) is 16.7. The van der Waals surface area contributed by atoms with E-state index in [9.17, 15) is 10.2 Å². The van der Waals surface area contributed by atoms with Gasteiger partial charge in [0.05, 0.1) is 0 Å². The van der Waals surface area contributed by atoms with E-state index in [1.807, 2.05) is 6.92 Å². The monoisotopic (exact) mass is 353 g/mol. The summed E-state index contributed by atoms with van der Waals surface area (Å²) in [6.45, 7) is 12.1. The Morgan fingerprint density at radius 2 is 1.30 bits per heavy atom. The van der Waals surface area contributed by atoms with Gasteiger partial charge in [0.15, 0.2) is 0 Å². The summed E-state index contributed by atoms with van der Waals surface area (Å²) in [5.41, 5.74) is 4.13. The van der Waals surface area contributed by atoms with E-state index >= 15 is 0 Å². The number of hydrogen-bond acceptors (Lipinski definition) is 2. The van der Waals surface area contributed by atoms with E-state index < -0.39 is 30.1 Å². The molecule has 23 heavy (non-hydrogen) atoms. The molecule has 0 saturated heterocycles. The third kappa shape index (κ3) is 4.19. The molecule has 4 nitrogen and oxygen atoms in total. The molecule has 0 aliphatic carbocycles. The van der Waals surface area contributed by atoms with Crippen LogP contribution in [0.25, 0.3) is 0 Å². The Morgan fingerprint density at radius 3 is 1.61 bits per heavy atom. The number of aromatic nitrogens is 2. The van der Waals surface area contributed by atoms with Crippen LogP contribution < -0.4 is 0 Å². The summed E-state index contributed by atoms with van der Waals surface area (Å²) in [6, 6.07) is 8.61. The van der Waals surface area contributed by atoms with Crippen molar-refractivity contribution in [2.75, 3.05) is 0 Å². The van der Waals surface area contributed by atoms with Gasteiger partial charge in [0.2, 0.25) is 0 Å². The van der Waals surface area contributed by atoms with Crippen molar-refractivity contribution in [2.24, 2.45) is 0 Å². The Kier molecular flexibility index (Phi) is 5.62. The first-order valence-corrected chi connectivity index (χ1v) is 10.7. The SMILES string of the molecule is Cc1ccc(C)[n]1[Ti]([CH2]C(C)(O)CC(C)O)[n]1c(C)ccc1C. The summed E-state index contributed by atoms with van der Waals surface area (Å²) in [6.07, 6.45) is -0.0921. The van der Waals surface area contributed by atoms with Gasteiger partial charge in [-0.15, -0.1) is 0 Å². The van der Waals surface area contributed by atoms with Crippen molar-refractivity contribution in [3.05, 3.63) is 47.0 Å². The molecular formula is C18H29N2O2Ti. The molecule has 0 aliphatic heterocycles. The molecule has 0 radical (unpaired) electrons. The first-order valence-electron chi connectivity index (χ1n) is 8.19. The molecule has 2 atom stereocenters. The molecule has 2 N–H and O–H groups in total. The molecule has 2 heterocycles. The summed E-state index contributed by atoms with van der Waals surface area (Å²) in [7, 11) is 0. The molecular weight excluding hydrogens is 324 g/mol. The fraction of sp³-hybridized carbons (Fsp3) is 0.556. The summed E-state index contributed by atoms with van der Waals surface area (Å²) in [5, 5.41) is 20.6. The van der Waals surface area contributed by atoms with E-state index in [4.69, 9.17) is 0 Å². The van der Waals surface area contributed by atoms with Crippen LogP contribution >= 0.6 is 0 Å². The average molecular weight is 353 g/mol. The standard InChI is InChI=1S/2C6H8N.C6H13O2.Ti/c2*1-5-3-4-6(2)7-5;1-5(7)4-6(2,3)8;/h2*3-4H,1-2H3;5,7-8H,2,4H2,1,3H3;/q2*-1;;+2. The van der Waals surface area contributed by atoms with Crippen LogP contribution in [0.3, 0.4) is 0 Å². The Labute approximate surface area is 146 Å². The van der Waals surface area contributed by atoms with Gasteiger partial charge >= 0.3 is 146 Å². The molecule has 0 aliphatic rings. The second kappa shape index (κ2) is 6.98. The van der Waals surface area contributed by atoms with E-state index in [0.717, 1.165) is 0 Å². The third-order valence-electron chi connectivity index (χ3n) is 4.33. The van der Waals surface area contributed by atoms with Gasteiger partial charge in [-0.1, -0.05) is 0 Å². The first kappa shape index (κ1) is 18.5. The van der Waals surface area contributed by atoms with Crippen molar-refractivity contribution in [3.8, 4) is 0 Å². The van der Waals surface area contributed by atoms with Crippen molar-refractivity contribution < 1.29 is 28.6 Å². The zero-order valence-electron chi connectivity index (χ0n) is 15.1. The fourth-order valence-electron chi connectivity index (χ4n) is 3.46. The summed E-state index contributed by atoms with van der Waals surface area (Å²) in [5.74, 6) is 0. The Hall–Kier alpha value is -0.806. The summed E-state index contributed by atoms with van der Waals surface area (Å²) < 4.78 is 5.59. The van der Waals surface area contributed by atoms with Crippen molar-refractivity contribution in [1.82, 2.24) is 6.10 Å². The number of hydrogen-bond donors (Lipinski definition) is 2. The minimum atomic E-state index is -2.06. The van der Waals surface area contributed by atoms with Gasteiger partial charge in [-0.2, -0.15) is 0 Å². The second-order valence-electron chi connectivity index (χ2n) is 7.05. The topological polar surface area (TPSA) is 50.3 Å². The van der Waals surface area contributed by atoms with Crippen LogP contribution in [0.5, 0.6) is 0 Å². The molecule has 0 aromatic carbocycles. The molecule has 0 saturated carbocycles. The van der Waals surface area contributed by atoms with Crippen molar-refractivity contribution >= 4 is 0 Å². The van der Waals surface area contributed by atoms with Crippen LogP contribution in [0.2, 0.25) is 4.73 Å². The number of aliphatic hydroxyl groups is 2. The Balaban J connectivity index is 2.49. The van der Waals surface area contributed by atoms with E-state index in [-0.39, 0.29) is 0 Å². The maximum atomic E-state index is 10.9.